The summed E-state index contributed by atoms with van der Waals surface area (Å²) < 4.78 is 1.27. The average molecular weight is 236 g/mol. The summed E-state index contributed by atoms with van der Waals surface area (Å²) in [4.78, 5) is 14.3. The summed E-state index contributed by atoms with van der Waals surface area (Å²) in [6.45, 7) is 0. The van der Waals surface area contributed by atoms with E-state index < -0.39 is 4.92 Å². The van der Waals surface area contributed by atoms with Gasteiger partial charge in [0.15, 0.2) is 5.82 Å². The minimum Gasteiger partial charge on any atom is -0.258 e. The van der Waals surface area contributed by atoms with E-state index in [0.29, 0.717) is 17.8 Å². The largest absolute Gasteiger partial charge is 0.273 e. The predicted octanol–water partition coefficient (Wildman–Crippen LogP) is 1.47. The molecule has 1 aromatic heterocycles. The topological polar surface area (TPSA) is 73.8 Å². The molecule has 1 aromatic carbocycles. The van der Waals surface area contributed by atoms with E-state index in [0.717, 1.165) is 0 Å². The van der Waals surface area contributed by atoms with Crippen molar-refractivity contribution in [1.29, 1.82) is 0 Å². The van der Waals surface area contributed by atoms with Crippen LogP contribution >= 0.6 is 12.8 Å². The van der Waals surface area contributed by atoms with Crippen LogP contribution in [0.15, 0.2) is 30.6 Å². The molecule has 0 aliphatic heterocycles. The molecule has 0 aliphatic rings. The molecule has 16 heavy (non-hydrogen) atoms. The van der Waals surface area contributed by atoms with Crippen molar-refractivity contribution in [3.63, 3.8) is 0 Å². The van der Waals surface area contributed by atoms with E-state index in [4.69, 9.17) is 0 Å². The van der Waals surface area contributed by atoms with Crippen LogP contribution in [-0.2, 0) is 6.42 Å². The van der Waals surface area contributed by atoms with Crippen molar-refractivity contribution < 1.29 is 4.92 Å². The van der Waals surface area contributed by atoms with Gasteiger partial charge in [0.2, 0.25) is 0 Å². The van der Waals surface area contributed by atoms with Gasteiger partial charge in [-0.2, -0.15) is 4.09 Å². The zero-order valence-electron chi connectivity index (χ0n) is 8.15. The minimum atomic E-state index is -0.410. The van der Waals surface area contributed by atoms with Crippen molar-refractivity contribution in [2.45, 2.75) is 6.42 Å². The van der Waals surface area contributed by atoms with Crippen molar-refractivity contribution in [3.05, 3.63) is 52.1 Å². The number of hydrogen-bond donors (Lipinski definition) is 1. The fourth-order valence-corrected chi connectivity index (χ4v) is 1.53. The van der Waals surface area contributed by atoms with Crippen LogP contribution in [0.2, 0.25) is 0 Å². The highest BCUT2D eigenvalue weighted by Crippen LogP contribution is 2.19. The van der Waals surface area contributed by atoms with E-state index >= 15 is 0 Å². The van der Waals surface area contributed by atoms with Gasteiger partial charge in [-0.05, 0) is 12.8 Å². The second-order valence-corrected chi connectivity index (χ2v) is 3.55. The Bertz CT molecular complexity index is 526. The number of nitro benzene ring substituents is 1. The van der Waals surface area contributed by atoms with E-state index in [1.807, 2.05) is 0 Å². The van der Waals surface area contributed by atoms with E-state index in [2.05, 4.69) is 22.9 Å². The Labute approximate surface area is 96.6 Å². The molecule has 0 radical (unpaired) electrons. The van der Waals surface area contributed by atoms with Gasteiger partial charge >= 0.3 is 0 Å². The first-order valence-corrected chi connectivity index (χ1v) is 4.89. The first kappa shape index (κ1) is 10.6. The molecule has 0 spiro atoms. The Balaban J connectivity index is 2.31. The van der Waals surface area contributed by atoms with Gasteiger partial charge in [0.25, 0.3) is 5.69 Å². The van der Waals surface area contributed by atoms with Gasteiger partial charge in [-0.3, -0.25) is 10.1 Å². The lowest BCUT2D eigenvalue weighted by Gasteiger charge is -1.98. The van der Waals surface area contributed by atoms with Crippen LogP contribution in [0.4, 0.5) is 5.69 Å². The molecule has 0 bridgehead atoms. The molecule has 2 rings (SSSR count). The molecule has 2 aromatic rings. The number of rotatable bonds is 3. The van der Waals surface area contributed by atoms with Crippen LogP contribution in [0.25, 0.3) is 0 Å². The Morgan fingerprint density at radius 2 is 2.19 bits per heavy atom. The maximum atomic E-state index is 10.8. The smallest absolute Gasteiger partial charge is 0.258 e. The van der Waals surface area contributed by atoms with Crippen LogP contribution in [0.3, 0.4) is 0 Å². The maximum Gasteiger partial charge on any atom is 0.273 e. The van der Waals surface area contributed by atoms with Crippen LogP contribution < -0.4 is 0 Å². The predicted molar refractivity (Wildman–Crippen MR) is 60.3 cm³/mol. The standard InChI is InChI=1S/C9H8N4O2S/c14-13(15)8-4-2-1-3-7(8)5-9-10-6-12(16)11-9/h1-4,6,16H,5H2. The molecule has 0 aliphatic carbocycles. The van der Waals surface area contributed by atoms with Crippen LogP contribution in [-0.4, -0.2) is 19.1 Å². The van der Waals surface area contributed by atoms with E-state index in [-0.39, 0.29) is 5.69 Å². The van der Waals surface area contributed by atoms with Crippen molar-refractivity contribution >= 4 is 18.5 Å². The van der Waals surface area contributed by atoms with Gasteiger partial charge in [0, 0.05) is 18.1 Å². The third kappa shape index (κ3) is 2.19. The van der Waals surface area contributed by atoms with Crippen molar-refractivity contribution in [2.24, 2.45) is 0 Å². The maximum absolute atomic E-state index is 10.8. The molecule has 0 fully saturated rings. The number of para-hydroxylation sites is 1. The molecular formula is C9H8N4O2S. The minimum absolute atomic E-state index is 0.0815. The van der Waals surface area contributed by atoms with Crippen LogP contribution in [0.1, 0.15) is 11.4 Å². The summed E-state index contributed by atoms with van der Waals surface area (Å²) in [6.07, 6.45) is 1.76. The molecule has 6 nitrogen and oxygen atoms in total. The van der Waals surface area contributed by atoms with E-state index in [9.17, 15) is 10.1 Å². The number of hydrogen-bond acceptors (Lipinski definition) is 5. The Morgan fingerprint density at radius 1 is 1.44 bits per heavy atom. The SMILES string of the molecule is O=[N+]([O-])c1ccccc1Cc1ncn(S)n1. The Kier molecular flexibility index (Phi) is 2.86. The number of thiol groups is 1. The normalized spacial score (nSPS) is 10.3. The first-order valence-electron chi connectivity index (χ1n) is 4.49. The summed E-state index contributed by atoms with van der Waals surface area (Å²) in [6, 6.07) is 6.54. The lowest BCUT2D eigenvalue weighted by molar-refractivity contribution is -0.385. The van der Waals surface area contributed by atoms with Crippen molar-refractivity contribution in [2.75, 3.05) is 0 Å². The van der Waals surface area contributed by atoms with Gasteiger partial charge in [-0.1, -0.05) is 18.2 Å². The summed E-state index contributed by atoms with van der Waals surface area (Å²) in [5.74, 6) is 0.504. The summed E-state index contributed by atoms with van der Waals surface area (Å²) in [5.41, 5.74) is 0.671. The van der Waals surface area contributed by atoms with E-state index in [1.165, 1.54) is 16.5 Å². The number of aromatic nitrogens is 3. The monoisotopic (exact) mass is 236 g/mol. The molecule has 0 saturated heterocycles. The molecule has 0 amide bonds. The summed E-state index contributed by atoms with van der Waals surface area (Å²) >= 11 is 3.95. The average Bonchev–Trinajstić information content (AvgIpc) is 2.64. The van der Waals surface area contributed by atoms with Crippen LogP contribution in [0.5, 0.6) is 0 Å². The van der Waals surface area contributed by atoms with Gasteiger partial charge in [0.1, 0.15) is 6.33 Å². The zero-order chi connectivity index (χ0) is 11.5. The Morgan fingerprint density at radius 3 is 2.81 bits per heavy atom. The van der Waals surface area contributed by atoms with Crippen molar-refractivity contribution in [1.82, 2.24) is 14.2 Å². The third-order valence-corrected chi connectivity index (χ3v) is 2.26. The van der Waals surface area contributed by atoms with Gasteiger partial charge < -0.3 is 0 Å². The number of nitro groups is 1. The van der Waals surface area contributed by atoms with Crippen molar-refractivity contribution in [3.8, 4) is 0 Å². The fraction of sp³-hybridized carbons (Fsp3) is 0.111. The first-order chi connectivity index (χ1) is 7.66. The second kappa shape index (κ2) is 4.31. The van der Waals surface area contributed by atoms with Gasteiger partial charge in [-0.15, -0.1) is 5.10 Å². The summed E-state index contributed by atoms with van der Waals surface area (Å²) in [7, 11) is 0. The van der Waals surface area contributed by atoms with E-state index in [1.54, 1.807) is 18.2 Å². The quantitative estimate of drug-likeness (QED) is 0.497. The lowest BCUT2D eigenvalue weighted by atomic mass is 10.1. The number of benzene rings is 1. The fourth-order valence-electron chi connectivity index (χ4n) is 1.38. The molecule has 7 heteroatoms. The third-order valence-electron chi connectivity index (χ3n) is 2.06. The van der Waals surface area contributed by atoms with Crippen LogP contribution in [0, 0.1) is 10.1 Å². The van der Waals surface area contributed by atoms with Gasteiger partial charge in [0.05, 0.1) is 4.92 Å². The molecule has 0 saturated carbocycles. The molecule has 82 valence electrons. The van der Waals surface area contributed by atoms with Gasteiger partial charge in [-0.25, -0.2) is 4.98 Å². The lowest BCUT2D eigenvalue weighted by Crippen LogP contribution is -1.98. The molecule has 0 N–H and O–H groups in total. The zero-order valence-corrected chi connectivity index (χ0v) is 9.04. The molecule has 0 atom stereocenters. The number of nitrogens with zero attached hydrogens (tertiary/aromatic N) is 4. The molecule has 1 heterocycles. The second-order valence-electron chi connectivity index (χ2n) is 3.14. The highest BCUT2D eigenvalue weighted by Gasteiger charge is 2.14. The molecule has 0 unspecified atom stereocenters. The highest BCUT2D eigenvalue weighted by molar-refractivity contribution is 7.78. The Hall–Kier alpha value is -1.89. The molecular weight excluding hydrogens is 228 g/mol. The summed E-state index contributed by atoms with van der Waals surface area (Å²) in [5, 5.41) is 14.7. The highest BCUT2D eigenvalue weighted by atomic mass is 32.1.